The molecule has 3 aromatic carbocycles. The first-order chi connectivity index (χ1) is 47.0. The van der Waals surface area contributed by atoms with Crippen molar-refractivity contribution in [2.75, 3.05) is 53.3 Å². The quantitative estimate of drug-likeness (QED) is 0.0371. The fourth-order valence-corrected chi connectivity index (χ4v) is 12.3. The van der Waals surface area contributed by atoms with Gasteiger partial charge in [-0.2, -0.15) is 0 Å². The molecular formula is C71H100N10O18. The van der Waals surface area contributed by atoms with Gasteiger partial charge in [0.05, 0.1) is 55.4 Å². The van der Waals surface area contributed by atoms with Crippen molar-refractivity contribution in [3.8, 4) is 0 Å². The third-order valence-electron chi connectivity index (χ3n) is 18.2. The first kappa shape index (κ1) is 80.6. The lowest BCUT2D eigenvalue weighted by Gasteiger charge is -2.41. The summed E-state index contributed by atoms with van der Waals surface area (Å²) in [7, 11) is 5.99. The number of benzene rings is 3. The number of nitrogens with zero attached hydrogens (tertiary/aromatic N) is 4. The number of nitrogens with one attached hydrogen (secondary N) is 6. The van der Waals surface area contributed by atoms with Crippen molar-refractivity contribution in [1.82, 2.24) is 46.2 Å². The Morgan fingerprint density at radius 1 is 0.667 bits per heavy atom. The second kappa shape index (κ2) is 38.9. The van der Waals surface area contributed by atoms with Gasteiger partial charge in [-0.05, 0) is 72.8 Å². The molecule has 28 nitrogen and oxygen atoms in total. The van der Waals surface area contributed by atoms with Crippen molar-refractivity contribution in [1.29, 1.82) is 0 Å². The minimum Gasteiger partial charge on any atom is -0.481 e. The van der Waals surface area contributed by atoms with Gasteiger partial charge in [0.1, 0.15) is 36.8 Å². The summed E-state index contributed by atoms with van der Waals surface area (Å²) < 4.78 is 17.7. The van der Waals surface area contributed by atoms with Crippen molar-refractivity contribution in [3.05, 3.63) is 114 Å². The van der Waals surface area contributed by atoms with Crippen molar-refractivity contribution < 1.29 is 87.1 Å². The van der Waals surface area contributed by atoms with Crippen LogP contribution in [0.4, 0.5) is 10.5 Å². The Kier molecular flexibility index (Phi) is 31.6. The molecule has 11 amide bonds. The SMILES string of the molecule is CC[C@H](C)[C@@H]([C@@H](CC(=O)N1CCC[C@H]1[C@H](OC)[C@@H](C)C(=O)N[C@H](C)[C@@H](O)c1ccccc1)OC)N(C)C(=O)[C@@H](NC(=O)[C@H](C(C)C)N(C)C(=O)OCc1ccc(NC(=O)[C@H](CCC(=O)O)NC(=O)[C@H](CO)NC(=O)[C@H](Cc2ccccc2)NC(=O)CCN2C(=O)C=CC2=O)cc1)C(C)C. The average molecular weight is 1380 g/mol. The first-order valence-corrected chi connectivity index (χ1v) is 33.5. The molecule has 0 aromatic heterocycles. The summed E-state index contributed by atoms with van der Waals surface area (Å²) in [6, 6.07) is 15.0. The van der Waals surface area contributed by atoms with Crippen molar-refractivity contribution in [2.24, 2.45) is 23.7 Å². The van der Waals surface area contributed by atoms with Gasteiger partial charge in [0.15, 0.2) is 0 Å². The van der Waals surface area contributed by atoms with Crippen molar-refractivity contribution in [2.45, 2.75) is 180 Å². The van der Waals surface area contributed by atoms with E-state index in [1.807, 2.05) is 19.9 Å². The highest BCUT2D eigenvalue weighted by atomic mass is 16.6. The summed E-state index contributed by atoms with van der Waals surface area (Å²) in [6.07, 6.45) is -0.901. The van der Waals surface area contributed by atoms with Gasteiger partial charge in [-0.15, -0.1) is 0 Å². The Labute approximate surface area is 578 Å². The molecule has 0 spiro atoms. The van der Waals surface area contributed by atoms with E-state index in [9.17, 15) is 72.9 Å². The predicted molar refractivity (Wildman–Crippen MR) is 364 cm³/mol. The Balaban J connectivity index is 1.19. The number of ether oxygens (including phenoxy) is 3. The van der Waals surface area contributed by atoms with Gasteiger partial charge in [0.2, 0.25) is 47.3 Å². The Morgan fingerprint density at radius 2 is 1.27 bits per heavy atom. The third-order valence-corrected chi connectivity index (χ3v) is 18.2. The normalized spacial score (nSPS) is 17.3. The molecule has 0 aliphatic carbocycles. The smallest absolute Gasteiger partial charge is 0.410 e. The van der Waals surface area contributed by atoms with Crippen LogP contribution in [-0.2, 0) is 80.0 Å². The summed E-state index contributed by atoms with van der Waals surface area (Å²) >= 11 is 0. The number of carboxylic acids is 1. The number of hydrogen-bond acceptors (Lipinski definition) is 17. The molecule has 0 saturated carbocycles. The lowest BCUT2D eigenvalue weighted by Crippen LogP contribution is -2.60. The largest absolute Gasteiger partial charge is 0.481 e. The number of amides is 11. The number of anilines is 1. The van der Waals surface area contributed by atoms with Crippen LogP contribution in [0.1, 0.15) is 123 Å². The number of carbonyl (C=O) groups excluding carboxylic acids is 11. The molecule has 13 atom stereocenters. The maximum atomic E-state index is 14.8. The number of likely N-dealkylation sites (tertiary alicyclic amines) is 1. The fourth-order valence-electron chi connectivity index (χ4n) is 12.3. The lowest BCUT2D eigenvalue weighted by atomic mass is 9.89. The van der Waals surface area contributed by atoms with E-state index in [1.54, 1.807) is 108 Å². The molecule has 0 bridgehead atoms. The van der Waals surface area contributed by atoms with E-state index < -0.39 is 163 Å². The van der Waals surface area contributed by atoms with Crippen LogP contribution in [0, 0.1) is 23.7 Å². The zero-order valence-electron chi connectivity index (χ0n) is 58.6. The topological polar surface area (TPSA) is 378 Å². The highest BCUT2D eigenvalue weighted by Gasteiger charge is 2.44. The fraction of sp³-hybridized carbons (Fsp3) is 0.549. The van der Waals surface area contributed by atoms with E-state index in [-0.39, 0.29) is 55.8 Å². The molecule has 3 aromatic rings. The molecule has 542 valence electrons. The number of methoxy groups -OCH3 is 2. The summed E-state index contributed by atoms with van der Waals surface area (Å²) in [6.45, 7) is 13.2. The van der Waals surface area contributed by atoms with Crippen LogP contribution in [0.2, 0.25) is 0 Å². The number of hydrogen-bond donors (Lipinski definition) is 9. The lowest BCUT2D eigenvalue weighted by molar-refractivity contribution is -0.148. The molecule has 0 unspecified atom stereocenters. The number of aliphatic carboxylic acids is 1. The molecule has 28 heteroatoms. The molecule has 2 heterocycles. The maximum absolute atomic E-state index is 14.8. The number of carboxylic acid groups (broad SMARTS) is 1. The predicted octanol–water partition coefficient (Wildman–Crippen LogP) is 3.39. The Morgan fingerprint density at radius 3 is 1.84 bits per heavy atom. The maximum Gasteiger partial charge on any atom is 0.410 e. The zero-order chi connectivity index (χ0) is 73.4. The van der Waals surface area contributed by atoms with Gasteiger partial charge >= 0.3 is 12.1 Å². The van der Waals surface area contributed by atoms with Crippen LogP contribution in [0.5, 0.6) is 0 Å². The van der Waals surface area contributed by atoms with Crippen LogP contribution < -0.4 is 31.9 Å². The van der Waals surface area contributed by atoms with Gasteiger partial charge in [-0.3, -0.25) is 62.5 Å². The highest BCUT2D eigenvalue weighted by Crippen LogP contribution is 2.31. The second-order valence-corrected chi connectivity index (χ2v) is 26.0. The minimum atomic E-state index is -1.70. The Bertz CT molecular complexity index is 3260. The van der Waals surface area contributed by atoms with Crippen LogP contribution in [-0.4, -0.2) is 215 Å². The van der Waals surface area contributed by atoms with Crippen LogP contribution in [0.25, 0.3) is 0 Å². The van der Waals surface area contributed by atoms with Gasteiger partial charge < -0.3 is 71.2 Å². The molecule has 2 aliphatic heterocycles. The van der Waals surface area contributed by atoms with Crippen LogP contribution in [0.3, 0.4) is 0 Å². The number of likely N-dealkylation sites (N-methyl/N-ethyl adjacent to an activating group) is 2. The Hall–Kier alpha value is -9.12. The number of imide groups is 1. The van der Waals surface area contributed by atoms with E-state index in [0.29, 0.717) is 42.5 Å². The van der Waals surface area contributed by atoms with Crippen LogP contribution in [0.15, 0.2) is 97.1 Å². The summed E-state index contributed by atoms with van der Waals surface area (Å²) in [5, 5.41) is 46.6. The third kappa shape index (κ3) is 23.0. The van der Waals surface area contributed by atoms with E-state index in [0.717, 1.165) is 22.0 Å². The van der Waals surface area contributed by atoms with E-state index in [4.69, 9.17) is 14.2 Å². The van der Waals surface area contributed by atoms with Gasteiger partial charge in [0.25, 0.3) is 11.8 Å². The summed E-state index contributed by atoms with van der Waals surface area (Å²) in [5.41, 5.74) is 1.88. The second-order valence-electron chi connectivity index (χ2n) is 26.0. The number of aliphatic hydroxyl groups is 2. The summed E-state index contributed by atoms with van der Waals surface area (Å²) in [5.74, 6) is -9.57. The molecule has 2 aliphatic rings. The monoisotopic (exact) mass is 1380 g/mol. The standard InChI is InChI=1S/C71H100N10O18/c1-13-43(6)62(54(97-11)38-58(86)80-35-20-25-53(80)64(98-12)44(7)65(90)72-45(8)63(89)48-23-18-15-19-24-48)78(9)70(95)60(41(2)3)77-69(94)61(42(4)5)79(10)71(96)99-40-47-26-28-49(29-27-47)73-66(91)50(30-33-59(87)88)75-68(93)52(39-82)76-67(92)51(37-46-21-16-14-17-22-46)74-55(83)34-36-81-56(84)31-32-57(81)85/h14-19,21-24,26-29,31-32,41-45,50-54,60-64,82,89H,13,20,25,30,33-40H2,1-12H3,(H,72,90)(H,73,91)(H,74,83)(H,75,93)(H,76,92)(H,77,94)(H,87,88)/t43-,44+,45+,50-,51-,52-,53-,54+,60-,61-,62-,63+,64+/m0/s1. The summed E-state index contributed by atoms with van der Waals surface area (Å²) in [4.78, 5) is 166. The molecule has 1 saturated heterocycles. The number of aliphatic hydroxyl groups excluding tert-OH is 2. The van der Waals surface area contributed by atoms with Gasteiger partial charge in [-0.25, -0.2) is 4.79 Å². The average Bonchev–Trinajstić information content (AvgIpc) is 1.80. The first-order valence-electron chi connectivity index (χ1n) is 33.5. The molecule has 0 radical (unpaired) electrons. The molecule has 5 rings (SSSR count). The molecule has 99 heavy (non-hydrogen) atoms. The van der Waals surface area contributed by atoms with Gasteiger partial charge in [0, 0.05) is 78.5 Å². The zero-order valence-corrected chi connectivity index (χ0v) is 58.6. The number of carbonyl (C=O) groups is 12. The van der Waals surface area contributed by atoms with E-state index >= 15 is 0 Å². The number of rotatable bonds is 38. The highest BCUT2D eigenvalue weighted by molar-refractivity contribution is 6.13. The van der Waals surface area contributed by atoms with Crippen molar-refractivity contribution >= 4 is 76.8 Å². The molecule has 1 fully saturated rings. The minimum absolute atomic E-state index is 0.0783. The molecule has 9 N–H and O–H groups in total. The van der Waals surface area contributed by atoms with Gasteiger partial charge in [-0.1, -0.05) is 128 Å². The van der Waals surface area contributed by atoms with Crippen LogP contribution >= 0.6 is 0 Å². The van der Waals surface area contributed by atoms with E-state index in [1.165, 1.54) is 50.4 Å². The van der Waals surface area contributed by atoms with Crippen molar-refractivity contribution in [3.63, 3.8) is 0 Å². The molecular weight excluding hydrogens is 1280 g/mol. The van der Waals surface area contributed by atoms with E-state index in [2.05, 4.69) is 31.9 Å².